The fourth-order valence-electron chi connectivity index (χ4n) is 1.66. The Labute approximate surface area is 109 Å². The van der Waals surface area contributed by atoms with E-state index in [1.54, 1.807) is 13.2 Å². The van der Waals surface area contributed by atoms with Crippen LogP contribution in [0, 0.1) is 0 Å². The number of rotatable bonds is 6. The molecule has 0 spiro atoms. The summed E-state index contributed by atoms with van der Waals surface area (Å²) in [6.45, 7) is 6.79. The average Bonchev–Trinajstić information content (AvgIpc) is 2.26. The van der Waals surface area contributed by atoms with E-state index < -0.39 is 0 Å². The molecule has 0 heterocycles. The van der Waals surface area contributed by atoms with Gasteiger partial charge in [0.05, 0.1) is 6.61 Å². The molecule has 0 saturated heterocycles. The van der Waals surface area contributed by atoms with E-state index in [4.69, 9.17) is 22.1 Å². The van der Waals surface area contributed by atoms with Crippen molar-refractivity contribution in [3.05, 3.63) is 28.8 Å². The summed E-state index contributed by atoms with van der Waals surface area (Å²) >= 11 is 5.89. The highest BCUT2D eigenvalue weighted by Crippen LogP contribution is 2.20. The van der Waals surface area contributed by atoms with Crippen molar-refractivity contribution in [1.29, 1.82) is 0 Å². The van der Waals surface area contributed by atoms with Crippen molar-refractivity contribution in [2.75, 3.05) is 26.0 Å². The molecule has 1 aromatic carbocycles. The highest BCUT2D eigenvalue weighted by molar-refractivity contribution is 6.30. The summed E-state index contributed by atoms with van der Waals surface area (Å²) in [5, 5.41) is 0.680. The van der Waals surface area contributed by atoms with Crippen LogP contribution in [-0.2, 0) is 11.3 Å². The number of nitrogens with zero attached hydrogens (tertiary/aromatic N) is 1. The second-order valence-corrected chi connectivity index (χ2v) is 4.84. The SMILES string of the molecule is COCCN(Cc1ccc(Cl)cc1N)C(C)C. The van der Waals surface area contributed by atoms with Gasteiger partial charge in [-0.2, -0.15) is 0 Å². The molecule has 0 aliphatic rings. The average molecular weight is 257 g/mol. The van der Waals surface area contributed by atoms with Crippen LogP contribution in [0.3, 0.4) is 0 Å². The minimum absolute atomic E-state index is 0.459. The highest BCUT2D eigenvalue weighted by Gasteiger charge is 2.11. The van der Waals surface area contributed by atoms with Gasteiger partial charge in [-0.05, 0) is 31.5 Å². The van der Waals surface area contributed by atoms with Gasteiger partial charge in [-0.3, -0.25) is 4.90 Å². The van der Waals surface area contributed by atoms with Gasteiger partial charge in [-0.15, -0.1) is 0 Å². The zero-order valence-electron chi connectivity index (χ0n) is 10.7. The predicted molar refractivity (Wildman–Crippen MR) is 73.3 cm³/mol. The first-order chi connectivity index (χ1) is 8.04. The fourth-order valence-corrected chi connectivity index (χ4v) is 1.84. The lowest BCUT2D eigenvalue weighted by Gasteiger charge is -2.26. The van der Waals surface area contributed by atoms with Gasteiger partial charge >= 0.3 is 0 Å². The lowest BCUT2D eigenvalue weighted by Crippen LogP contribution is -2.33. The molecule has 0 aliphatic carbocycles. The third-order valence-corrected chi connectivity index (χ3v) is 3.03. The van der Waals surface area contributed by atoms with Gasteiger partial charge in [0.25, 0.3) is 0 Å². The van der Waals surface area contributed by atoms with E-state index in [1.165, 1.54) is 0 Å². The Morgan fingerprint density at radius 2 is 2.12 bits per heavy atom. The number of benzene rings is 1. The van der Waals surface area contributed by atoms with E-state index >= 15 is 0 Å². The number of hydrogen-bond acceptors (Lipinski definition) is 3. The third kappa shape index (κ3) is 4.54. The van der Waals surface area contributed by atoms with Crippen LogP contribution < -0.4 is 5.73 Å². The maximum Gasteiger partial charge on any atom is 0.0589 e. The van der Waals surface area contributed by atoms with Crippen molar-refractivity contribution >= 4 is 17.3 Å². The Bertz CT molecular complexity index is 355. The lowest BCUT2D eigenvalue weighted by molar-refractivity contribution is 0.125. The molecular weight excluding hydrogens is 236 g/mol. The van der Waals surface area contributed by atoms with Crippen LogP contribution in [-0.4, -0.2) is 31.2 Å². The molecule has 0 radical (unpaired) electrons. The van der Waals surface area contributed by atoms with Gasteiger partial charge in [0, 0.05) is 37.0 Å². The first kappa shape index (κ1) is 14.3. The number of methoxy groups -OCH3 is 1. The summed E-state index contributed by atoms with van der Waals surface area (Å²) in [6, 6.07) is 6.12. The quantitative estimate of drug-likeness (QED) is 0.796. The van der Waals surface area contributed by atoms with Crippen molar-refractivity contribution in [2.24, 2.45) is 0 Å². The standard InChI is InChI=1S/C13H21ClN2O/c1-10(2)16(6-7-17-3)9-11-4-5-12(14)8-13(11)15/h4-5,8,10H,6-7,9,15H2,1-3H3. The zero-order chi connectivity index (χ0) is 12.8. The molecule has 1 aromatic rings. The monoisotopic (exact) mass is 256 g/mol. The Kier molecular flexibility index (Phi) is 5.75. The first-order valence-corrected chi connectivity index (χ1v) is 6.19. The molecule has 0 aliphatic heterocycles. The predicted octanol–water partition coefficient (Wildman–Crippen LogP) is 2.78. The number of ether oxygens (including phenoxy) is 1. The van der Waals surface area contributed by atoms with E-state index in [-0.39, 0.29) is 0 Å². The molecule has 0 aromatic heterocycles. The molecule has 0 bridgehead atoms. The van der Waals surface area contributed by atoms with Gasteiger partial charge in [0.2, 0.25) is 0 Å². The van der Waals surface area contributed by atoms with E-state index in [2.05, 4.69) is 18.7 Å². The molecule has 0 atom stereocenters. The van der Waals surface area contributed by atoms with Crippen LogP contribution >= 0.6 is 11.6 Å². The Morgan fingerprint density at radius 1 is 1.41 bits per heavy atom. The normalized spacial score (nSPS) is 11.4. The van der Waals surface area contributed by atoms with Crippen molar-refractivity contribution in [3.63, 3.8) is 0 Å². The molecule has 0 fully saturated rings. The van der Waals surface area contributed by atoms with Gasteiger partial charge in [-0.25, -0.2) is 0 Å². The highest BCUT2D eigenvalue weighted by atomic mass is 35.5. The number of anilines is 1. The number of hydrogen-bond donors (Lipinski definition) is 1. The minimum atomic E-state index is 0.459. The topological polar surface area (TPSA) is 38.5 Å². The van der Waals surface area contributed by atoms with Crippen LogP contribution in [0.2, 0.25) is 5.02 Å². The Hall–Kier alpha value is -0.770. The summed E-state index contributed by atoms with van der Waals surface area (Å²) in [4.78, 5) is 2.32. The summed E-state index contributed by atoms with van der Waals surface area (Å²) < 4.78 is 5.12. The van der Waals surface area contributed by atoms with Gasteiger partial charge in [0.1, 0.15) is 0 Å². The number of halogens is 1. The van der Waals surface area contributed by atoms with Gasteiger partial charge < -0.3 is 10.5 Å². The Balaban J connectivity index is 2.71. The molecule has 17 heavy (non-hydrogen) atoms. The Morgan fingerprint density at radius 3 is 2.65 bits per heavy atom. The van der Waals surface area contributed by atoms with Crippen LogP contribution in [0.4, 0.5) is 5.69 Å². The molecule has 4 heteroatoms. The van der Waals surface area contributed by atoms with E-state index in [0.717, 1.165) is 30.9 Å². The zero-order valence-corrected chi connectivity index (χ0v) is 11.5. The van der Waals surface area contributed by atoms with E-state index in [9.17, 15) is 0 Å². The van der Waals surface area contributed by atoms with E-state index in [1.807, 2.05) is 12.1 Å². The first-order valence-electron chi connectivity index (χ1n) is 5.81. The van der Waals surface area contributed by atoms with Gasteiger partial charge in [0.15, 0.2) is 0 Å². The largest absolute Gasteiger partial charge is 0.398 e. The maximum absolute atomic E-state index is 5.96. The number of nitrogen functional groups attached to an aromatic ring is 1. The van der Waals surface area contributed by atoms with Crippen LogP contribution in [0.15, 0.2) is 18.2 Å². The van der Waals surface area contributed by atoms with Crippen LogP contribution in [0.1, 0.15) is 19.4 Å². The smallest absolute Gasteiger partial charge is 0.0589 e. The third-order valence-electron chi connectivity index (χ3n) is 2.79. The second-order valence-electron chi connectivity index (χ2n) is 4.40. The van der Waals surface area contributed by atoms with Crippen LogP contribution in [0.5, 0.6) is 0 Å². The summed E-state index contributed by atoms with van der Waals surface area (Å²) in [5.74, 6) is 0. The van der Waals surface area contributed by atoms with Gasteiger partial charge in [-0.1, -0.05) is 17.7 Å². The number of nitrogens with two attached hydrogens (primary N) is 1. The van der Waals surface area contributed by atoms with E-state index in [0.29, 0.717) is 11.1 Å². The van der Waals surface area contributed by atoms with Crippen molar-refractivity contribution in [1.82, 2.24) is 4.90 Å². The molecular formula is C13H21ClN2O. The maximum atomic E-state index is 5.96. The van der Waals surface area contributed by atoms with Crippen molar-refractivity contribution in [2.45, 2.75) is 26.4 Å². The molecule has 0 saturated carbocycles. The molecule has 1 rings (SSSR count). The van der Waals surface area contributed by atoms with Crippen molar-refractivity contribution in [3.8, 4) is 0 Å². The molecule has 2 N–H and O–H groups in total. The molecule has 0 unspecified atom stereocenters. The van der Waals surface area contributed by atoms with Crippen molar-refractivity contribution < 1.29 is 4.74 Å². The summed E-state index contributed by atoms with van der Waals surface area (Å²) in [7, 11) is 1.72. The minimum Gasteiger partial charge on any atom is -0.398 e. The molecule has 96 valence electrons. The fraction of sp³-hybridized carbons (Fsp3) is 0.538. The van der Waals surface area contributed by atoms with Crippen LogP contribution in [0.25, 0.3) is 0 Å². The lowest BCUT2D eigenvalue weighted by atomic mass is 10.1. The summed E-state index contributed by atoms with van der Waals surface area (Å²) in [6.07, 6.45) is 0. The molecule has 3 nitrogen and oxygen atoms in total. The summed E-state index contributed by atoms with van der Waals surface area (Å²) in [5.41, 5.74) is 7.82. The molecule has 0 amide bonds. The second kappa shape index (κ2) is 6.84.